The normalized spacial score (nSPS) is 21.6. The minimum absolute atomic E-state index is 0.0644. The molecular weight excluding hydrogens is 238 g/mol. The summed E-state index contributed by atoms with van der Waals surface area (Å²) in [6, 6.07) is 6.16. The van der Waals surface area contributed by atoms with E-state index in [1.54, 1.807) is 0 Å². The fraction of sp³-hybridized carbons (Fsp3) is 0.625. The van der Waals surface area contributed by atoms with E-state index in [-0.39, 0.29) is 6.04 Å². The van der Waals surface area contributed by atoms with Gasteiger partial charge in [-0.25, -0.2) is 0 Å². The molecular formula is C16H25NO2. The van der Waals surface area contributed by atoms with Gasteiger partial charge in [0.15, 0.2) is 11.5 Å². The Bertz CT molecular complexity index is 419. The predicted molar refractivity (Wildman–Crippen MR) is 77.6 cm³/mol. The van der Waals surface area contributed by atoms with E-state index < -0.39 is 0 Å². The van der Waals surface area contributed by atoms with Crippen molar-refractivity contribution in [2.75, 3.05) is 13.2 Å². The number of ether oxygens (including phenoxy) is 2. The predicted octanol–water partition coefficient (Wildman–Crippen LogP) is 3.53. The lowest BCUT2D eigenvalue weighted by atomic mass is 9.91. The molecule has 0 aromatic heterocycles. The van der Waals surface area contributed by atoms with Gasteiger partial charge in [0.25, 0.3) is 0 Å². The Morgan fingerprint density at radius 1 is 1.26 bits per heavy atom. The lowest BCUT2D eigenvalue weighted by molar-refractivity contribution is 0.228. The number of nitrogens with two attached hydrogens (primary N) is 1. The van der Waals surface area contributed by atoms with E-state index in [4.69, 9.17) is 15.2 Å². The van der Waals surface area contributed by atoms with Crippen molar-refractivity contribution in [3.05, 3.63) is 23.8 Å². The number of hydrogen-bond acceptors (Lipinski definition) is 3. The molecule has 0 amide bonds. The quantitative estimate of drug-likeness (QED) is 0.903. The third-order valence-electron chi connectivity index (χ3n) is 3.76. The van der Waals surface area contributed by atoms with Crippen molar-refractivity contribution in [2.45, 2.75) is 39.7 Å². The van der Waals surface area contributed by atoms with E-state index in [0.29, 0.717) is 25.0 Å². The van der Waals surface area contributed by atoms with Crippen LogP contribution in [-0.4, -0.2) is 13.2 Å². The molecule has 1 aliphatic rings. The molecule has 2 rings (SSSR count). The summed E-state index contributed by atoms with van der Waals surface area (Å²) in [7, 11) is 0. The molecule has 0 saturated heterocycles. The molecule has 0 fully saturated rings. The number of fused-ring (bicyclic) bond motifs is 1. The summed E-state index contributed by atoms with van der Waals surface area (Å²) >= 11 is 0. The van der Waals surface area contributed by atoms with Gasteiger partial charge >= 0.3 is 0 Å². The van der Waals surface area contributed by atoms with Crippen LogP contribution in [0.15, 0.2) is 18.2 Å². The Balaban J connectivity index is 2.16. The smallest absolute Gasteiger partial charge is 0.161 e. The molecule has 3 unspecified atom stereocenters. The maximum atomic E-state index is 6.33. The molecule has 0 radical (unpaired) electrons. The number of benzene rings is 1. The summed E-state index contributed by atoms with van der Waals surface area (Å²) < 4.78 is 11.5. The Hall–Kier alpha value is -1.22. The molecule has 19 heavy (non-hydrogen) atoms. The molecule has 1 aliphatic heterocycles. The molecule has 0 spiro atoms. The first-order valence-electron chi connectivity index (χ1n) is 7.27. The van der Waals surface area contributed by atoms with Gasteiger partial charge in [0.1, 0.15) is 0 Å². The SMILES string of the molecule is CCCC(C)C(N)c1ccc2c(c1)OCC(C)CO2. The van der Waals surface area contributed by atoms with Crippen molar-refractivity contribution < 1.29 is 9.47 Å². The number of rotatable bonds is 4. The highest BCUT2D eigenvalue weighted by molar-refractivity contribution is 5.44. The summed E-state index contributed by atoms with van der Waals surface area (Å²) in [5.74, 6) is 2.57. The minimum atomic E-state index is 0.0644. The van der Waals surface area contributed by atoms with Crippen LogP contribution in [0.25, 0.3) is 0 Å². The molecule has 0 bridgehead atoms. The molecule has 3 nitrogen and oxygen atoms in total. The molecule has 1 aromatic carbocycles. The second-order valence-corrected chi connectivity index (χ2v) is 5.73. The zero-order chi connectivity index (χ0) is 13.8. The van der Waals surface area contributed by atoms with Crippen LogP contribution in [0.5, 0.6) is 11.5 Å². The van der Waals surface area contributed by atoms with Crippen molar-refractivity contribution in [1.82, 2.24) is 0 Å². The average molecular weight is 263 g/mol. The van der Waals surface area contributed by atoms with Crippen LogP contribution < -0.4 is 15.2 Å². The molecule has 106 valence electrons. The van der Waals surface area contributed by atoms with Crippen LogP contribution in [0.1, 0.15) is 45.2 Å². The van der Waals surface area contributed by atoms with E-state index in [1.165, 1.54) is 0 Å². The summed E-state index contributed by atoms with van der Waals surface area (Å²) in [6.45, 7) is 7.94. The first kappa shape index (κ1) is 14.2. The monoisotopic (exact) mass is 263 g/mol. The van der Waals surface area contributed by atoms with Crippen LogP contribution in [0.3, 0.4) is 0 Å². The van der Waals surface area contributed by atoms with Crippen LogP contribution >= 0.6 is 0 Å². The lowest BCUT2D eigenvalue weighted by Gasteiger charge is -2.20. The van der Waals surface area contributed by atoms with E-state index in [2.05, 4.69) is 26.8 Å². The van der Waals surface area contributed by atoms with Crippen LogP contribution in [0, 0.1) is 11.8 Å². The fourth-order valence-corrected chi connectivity index (χ4v) is 2.44. The van der Waals surface area contributed by atoms with Crippen molar-refractivity contribution in [3.63, 3.8) is 0 Å². The maximum Gasteiger partial charge on any atom is 0.161 e. The lowest BCUT2D eigenvalue weighted by Crippen LogP contribution is -2.19. The zero-order valence-corrected chi connectivity index (χ0v) is 12.2. The van der Waals surface area contributed by atoms with E-state index in [1.807, 2.05) is 12.1 Å². The molecule has 1 heterocycles. The molecule has 1 aromatic rings. The number of hydrogen-bond donors (Lipinski definition) is 1. The average Bonchev–Trinajstić information content (AvgIpc) is 2.60. The van der Waals surface area contributed by atoms with Gasteiger partial charge in [-0.2, -0.15) is 0 Å². The van der Waals surface area contributed by atoms with E-state index in [9.17, 15) is 0 Å². The summed E-state index contributed by atoms with van der Waals surface area (Å²) in [5, 5.41) is 0. The van der Waals surface area contributed by atoms with Crippen LogP contribution in [0.4, 0.5) is 0 Å². The van der Waals surface area contributed by atoms with Gasteiger partial charge in [-0.3, -0.25) is 0 Å². The highest BCUT2D eigenvalue weighted by Gasteiger charge is 2.19. The maximum absolute atomic E-state index is 6.33. The van der Waals surface area contributed by atoms with Crippen molar-refractivity contribution in [1.29, 1.82) is 0 Å². The minimum Gasteiger partial charge on any atom is -0.489 e. The molecule has 3 atom stereocenters. The third kappa shape index (κ3) is 3.41. The van der Waals surface area contributed by atoms with Crippen molar-refractivity contribution >= 4 is 0 Å². The summed E-state index contributed by atoms with van der Waals surface area (Å²) in [4.78, 5) is 0. The molecule has 3 heteroatoms. The van der Waals surface area contributed by atoms with Gasteiger partial charge in [-0.05, 0) is 30.0 Å². The van der Waals surface area contributed by atoms with Gasteiger partial charge in [0.05, 0.1) is 13.2 Å². The van der Waals surface area contributed by atoms with E-state index >= 15 is 0 Å². The molecule has 0 aliphatic carbocycles. The molecule has 2 N–H and O–H groups in total. The Kier molecular flexibility index (Phi) is 4.70. The first-order chi connectivity index (χ1) is 9.11. The summed E-state index contributed by atoms with van der Waals surface area (Å²) in [6.07, 6.45) is 2.31. The standard InChI is InChI=1S/C16H25NO2/c1-4-5-12(3)16(17)13-6-7-14-15(8-13)19-10-11(2)9-18-14/h6-8,11-12,16H,4-5,9-10,17H2,1-3H3. The van der Waals surface area contributed by atoms with Gasteiger partial charge in [-0.1, -0.05) is 33.3 Å². The van der Waals surface area contributed by atoms with Crippen molar-refractivity contribution in [2.24, 2.45) is 17.6 Å². The molecule has 0 saturated carbocycles. The van der Waals surface area contributed by atoms with Crippen LogP contribution in [0.2, 0.25) is 0 Å². The zero-order valence-electron chi connectivity index (χ0n) is 12.2. The van der Waals surface area contributed by atoms with Gasteiger partial charge in [0, 0.05) is 12.0 Å². The highest BCUT2D eigenvalue weighted by atomic mass is 16.5. The Labute approximate surface area is 116 Å². The second kappa shape index (κ2) is 6.29. The Morgan fingerprint density at radius 3 is 2.63 bits per heavy atom. The van der Waals surface area contributed by atoms with Gasteiger partial charge in [-0.15, -0.1) is 0 Å². The summed E-state index contributed by atoms with van der Waals surface area (Å²) in [5.41, 5.74) is 7.46. The van der Waals surface area contributed by atoms with Gasteiger partial charge in [0.2, 0.25) is 0 Å². The largest absolute Gasteiger partial charge is 0.489 e. The highest BCUT2D eigenvalue weighted by Crippen LogP contribution is 2.34. The Morgan fingerprint density at radius 2 is 1.95 bits per heavy atom. The van der Waals surface area contributed by atoms with Crippen LogP contribution in [-0.2, 0) is 0 Å². The topological polar surface area (TPSA) is 44.5 Å². The van der Waals surface area contributed by atoms with E-state index in [0.717, 1.165) is 29.9 Å². The first-order valence-corrected chi connectivity index (χ1v) is 7.27. The third-order valence-corrected chi connectivity index (χ3v) is 3.76. The van der Waals surface area contributed by atoms with Gasteiger partial charge < -0.3 is 15.2 Å². The second-order valence-electron chi connectivity index (χ2n) is 5.73. The van der Waals surface area contributed by atoms with Crippen molar-refractivity contribution in [3.8, 4) is 11.5 Å². The fourth-order valence-electron chi connectivity index (χ4n) is 2.44.